The third-order valence-electron chi connectivity index (χ3n) is 12.1. The summed E-state index contributed by atoms with van der Waals surface area (Å²) in [4.78, 5) is 43.4. The van der Waals surface area contributed by atoms with Crippen LogP contribution < -0.4 is 20.1 Å². The first-order chi connectivity index (χ1) is 30.2. The van der Waals surface area contributed by atoms with Gasteiger partial charge >= 0.3 is 12.1 Å². The molecule has 2 amide bonds. The molecule has 330 valence electrons. The zero-order valence-corrected chi connectivity index (χ0v) is 38.7. The number of hydrogen-bond acceptors (Lipinski definition) is 7. The number of alkyl carbamates (subject to hydrolysis) is 1. The van der Waals surface area contributed by atoms with Crippen molar-refractivity contribution < 1.29 is 28.3 Å². The Kier molecular flexibility index (Phi) is 14.8. The molecule has 1 heterocycles. The third kappa shape index (κ3) is 9.96. The van der Waals surface area contributed by atoms with Crippen molar-refractivity contribution in [3.8, 4) is 22.5 Å². The highest BCUT2D eigenvalue weighted by atomic mass is 16.6. The summed E-state index contributed by atoms with van der Waals surface area (Å²) in [7, 11) is 0. The molecule has 10 nitrogen and oxygen atoms in total. The molecule has 10 heteroatoms. The fourth-order valence-corrected chi connectivity index (χ4v) is 8.29. The highest BCUT2D eigenvalue weighted by molar-refractivity contribution is 6.09. The van der Waals surface area contributed by atoms with Crippen LogP contribution in [0.2, 0.25) is 0 Å². The first-order valence-corrected chi connectivity index (χ1v) is 22.2. The minimum atomic E-state index is -0.645. The molecule has 4 aromatic carbocycles. The lowest BCUT2D eigenvalue weighted by molar-refractivity contribution is -0.153. The smallest absolute Gasteiger partial charge is 0.407 e. The Bertz CT molecular complexity index is 2620. The van der Waals surface area contributed by atoms with E-state index >= 15 is 0 Å². The van der Waals surface area contributed by atoms with Gasteiger partial charge in [-0.05, 0) is 110 Å². The van der Waals surface area contributed by atoms with Crippen LogP contribution in [0.5, 0.6) is 0 Å². The zero-order valence-electron chi connectivity index (χ0n) is 38.7. The van der Waals surface area contributed by atoms with Gasteiger partial charge in [0.2, 0.25) is 11.0 Å². The minimum Gasteiger partial charge on any atom is -0.463 e. The van der Waals surface area contributed by atoms with E-state index in [1.807, 2.05) is 52.0 Å². The number of rotatable bonds is 16. The number of carbonyl (C=O) groups is 3. The molecule has 0 spiro atoms. The summed E-state index contributed by atoms with van der Waals surface area (Å²) < 4.78 is 20.0. The summed E-state index contributed by atoms with van der Waals surface area (Å²) in [5.41, 5.74) is 11.3. The van der Waals surface area contributed by atoms with Crippen LogP contribution in [0.4, 0.5) is 21.9 Å². The van der Waals surface area contributed by atoms with Crippen LogP contribution >= 0.6 is 0 Å². The number of amides is 2. The predicted octanol–water partition coefficient (Wildman–Crippen LogP) is 10.9. The Morgan fingerprint density at radius 2 is 1.41 bits per heavy atom. The molecule has 0 bridgehead atoms. The largest absolute Gasteiger partial charge is 0.463 e. The maximum absolute atomic E-state index is 14.6. The van der Waals surface area contributed by atoms with Crippen LogP contribution in [0, 0.1) is 33.1 Å². The SMILES string of the molecule is CCN(CCOC(=O)NCCOC(=O)C(C)(C)CC)C(=O)c1ccccc1-c1c2cc/c(=[N+](/CC)c3c(C)cccc3C)cc-2oc2cc(N(CC)c3c(C)cccc3C)ccc12. The van der Waals surface area contributed by atoms with Gasteiger partial charge in [-0.3, -0.25) is 9.59 Å². The van der Waals surface area contributed by atoms with Gasteiger partial charge in [-0.1, -0.05) is 61.5 Å². The summed E-state index contributed by atoms with van der Waals surface area (Å²) in [6, 6.07) is 33.2. The number of esters is 1. The number of benzene rings is 5. The fourth-order valence-electron chi connectivity index (χ4n) is 8.29. The molecule has 0 saturated carbocycles. The molecule has 0 aromatic heterocycles. The van der Waals surface area contributed by atoms with E-state index in [-0.39, 0.29) is 38.2 Å². The highest BCUT2D eigenvalue weighted by Gasteiger charge is 2.28. The third-order valence-corrected chi connectivity index (χ3v) is 12.1. The Morgan fingerprint density at radius 1 is 0.730 bits per heavy atom. The molecular weight excluding hydrogens is 789 g/mol. The molecule has 1 N–H and O–H groups in total. The lowest BCUT2D eigenvalue weighted by atomic mass is 9.90. The first kappa shape index (κ1) is 46.1. The zero-order chi connectivity index (χ0) is 45.4. The number of fused-ring (bicyclic) bond motifs is 2. The number of nitrogens with zero attached hydrogens (tertiary/aromatic N) is 3. The van der Waals surface area contributed by atoms with E-state index in [0.29, 0.717) is 29.9 Å². The molecule has 1 aliphatic heterocycles. The average molecular weight is 852 g/mol. The van der Waals surface area contributed by atoms with Gasteiger partial charge in [-0.25, -0.2) is 4.79 Å². The van der Waals surface area contributed by atoms with E-state index in [0.717, 1.165) is 46.2 Å². The monoisotopic (exact) mass is 851 g/mol. The van der Waals surface area contributed by atoms with Crippen molar-refractivity contribution in [3.05, 3.63) is 130 Å². The van der Waals surface area contributed by atoms with Crippen molar-refractivity contribution in [1.82, 2.24) is 14.8 Å². The molecule has 0 radical (unpaired) electrons. The van der Waals surface area contributed by atoms with E-state index in [9.17, 15) is 14.4 Å². The number of nitrogens with one attached hydrogen (secondary N) is 1. The van der Waals surface area contributed by atoms with E-state index in [4.69, 9.17) is 13.9 Å². The minimum absolute atomic E-state index is 0.0134. The van der Waals surface area contributed by atoms with Crippen molar-refractivity contribution in [2.45, 2.75) is 75.7 Å². The quantitative estimate of drug-likeness (QED) is 0.0447. The van der Waals surface area contributed by atoms with Crippen LogP contribution in [0.3, 0.4) is 0 Å². The highest BCUT2D eigenvalue weighted by Crippen LogP contribution is 2.43. The van der Waals surface area contributed by atoms with Crippen molar-refractivity contribution in [1.29, 1.82) is 0 Å². The summed E-state index contributed by atoms with van der Waals surface area (Å²) in [5, 5.41) is 4.51. The molecule has 4 aromatic rings. The van der Waals surface area contributed by atoms with Crippen molar-refractivity contribution >= 4 is 46.0 Å². The van der Waals surface area contributed by atoms with Gasteiger partial charge in [0.1, 0.15) is 31.1 Å². The lowest BCUT2D eigenvalue weighted by Gasteiger charge is -2.27. The van der Waals surface area contributed by atoms with Crippen LogP contribution in [0.25, 0.3) is 33.4 Å². The number of carbonyl (C=O) groups excluding carboxylic acids is 3. The molecule has 0 fully saturated rings. The molecule has 6 rings (SSSR count). The van der Waals surface area contributed by atoms with Gasteiger partial charge in [0.05, 0.1) is 24.6 Å². The Labute approximate surface area is 372 Å². The van der Waals surface area contributed by atoms with Gasteiger partial charge in [0, 0.05) is 69.8 Å². The van der Waals surface area contributed by atoms with E-state index in [1.165, 1.54) is 33.6 Å². The Hall–Kier alpha value is -6.42. The average Bonchev–Trinajstić information content (AvgIpc) is 3.27. The van der Waals surface area contributed by atoms with Crippen LogP contribution in [-0.2, 0) is 14.3 Å². The standard InChI is InChI=1S/C53H62N4O6/c1-11-53(9,10)51(59)61-31-29-54-52(60)62-32-30-55(12-2)50(58)42-24-16-15-23-41(42)47-43-27-25-39(56(13-3)48-35(5)19-17-20-36(48)6)33-45(43)63-46-34-40(26-28-44(46)47)57(14-4)49-37(7)21-18-22-38(49)8/h15-28,33-34H,11-14,29-32H2,1-10H3/p+1. The lowest BCUT2D eigenvalue weighted by Crippen LogP contribution is -2.36. The topological polar surface area (TPSA) is 104 Å². The Balaban J connectivity index is 1.40. The number of para-hydroxylation sites is 2. The summed E-state index contributed by atoms with van der Waals surface area (Å²) in [6.45, 7) is 22.6. The van der Waals surface area contributed by atoms with E-state index < -0.39 is 11.5 Å². The maximum atomic E-state index is 14.6. The number of aryl methyl sites for hydroxylation is 4. The molecule has 0 unspecified atom stereocenters. The molecule has 2 aliphatic rings. The summed E-state index contributed by atoms with van der Waals surface area (Å²) >= 11 is 0. The van der Waals surface area contributed by atoms with Crippen molar-refractivity contribution in [2.75, 3.05) is 50.8 Å². The van der Waals surface area contributed by atoms with Gasteiger partial charge in [-0.15, -0.1) is 0 Å². The van der Waals surface area contributed by atoms with Gasteiger partial charge in [-0.2, -0.15) is 4.58 Å². The second-order valence-electron chi connectivity index (χ2n) is 16.7. The first-order valence-electron chi connectivity index (χ1n) is 22.2. The van der Waals surface area contributed by atoms with E-state index in [2.05, 4.69) is 129 Å². The van der Waals surface area contributed by atoms with Gasteiger partial charge in [0.15, 0.2) is 0 Å². The normalized spacial score (nSPS) is 12.0. The van der Waals surface area contributed by atoms with Crippen LogP contribution in [-0.4, -0.2) is 68.8 Å². The van der Waals surface area contributed by atoms with Crippen molar-refractivity contribution in [2.24, 2.45) is 5.41 Å². The molecule has 1 aliphatic carbocycles. The van der Waals surface area contributed by atoms with E-state index in [1.54, 1.807) is 4.90 Å². The predicted molar refractivity (Wildman–Crippen MR) is 254 cm³/mol. The second kappa shape index (κ2) is 20.2. The summed E-state index contributed by atoms with van der Waals surface area (Å²) in [6.07, 6.45) is 0.00101. The summed E-state index contributed by atoms with van der Waals surface area (Å²) in [5.74, 6) is 0.202. The molecule has 0 saturated heterocycles. The molecule has 63 heavy (non-hydrogen) atoms. The number of hydrogen-bond donors (Lipinski definition) is 1. The second-order valence-corrected chi connectivity index (χ2v) is 16.7. The van der Waals surface area contributed by atoms with Crippen LogP contribution in [0.15, 0.2) is 101 Å². The number of anilines is 2. The fraction of sp³-hybridized carbons (Fsp3) is 0.358. The van der Waals surface area contributed by atoms with Gasteiger partial charge in [0.25, 0.3) is 5.91 Å². The van der Waals surface area contributed by atoms with Gasteiger partial charge < -0.3 is 29.0 Å². The molecule has 0 atom stereocenters. The Morgan fingerprint density at radius 3 is 2.06 bits per heavy atom. The maximum Gasteiger partial charge on any atom is 0.407 e. The number of ether oxygens (including phenoxy) is 2. The van der Waals surface area contributed by atoms with Crippen molar-refractivity contribution in [3.63, 3.8) is 0 Å². The molecular formula is C53H63N4O6+. The van der Waals surface area contributed by atoms with Crippen LogP contribution in [0.1, 0.15) is 80.6 Å². The number of likely N-dealkylation sites (N-methyl/N-ethyl adjacent to an activating group) is 1.